The first-order valence-electron chi connectivity index (χ1n) is 5.18. The molecule has 0 radical (unpaired) electrons. The van der Waals surface area contributed by atoms with Crippen LogP contribution in [0.3, 0.4) is 0 Å². The Balaban J connectivity index is 0. The SMILES string of the molecule is CCCCCCNCCCCCl.Cl. The lowest BCUT2D eigenvalue weighted by molar-refractivity contribution is 0.583. The zero-order valence-corrected chi connectivity index (χ0v) is 10.2. The Kier molecular flexibility index (Phi) is 18.5. The molecule has 0 aliphatic rings. The first kappa shape index (κ1) is 16.0. The Hall–Kier alpha value is 0.540. The van der Waals surface area contributed by atoms with Crippen LogP contribution in [-0.4, -0.2) is 19.0 Å². The van der Waals surface area contributed by atoms with E-state index in [2.05, 4.69) is 12.2 Å². The van der Waals surface area contributed by atoms with Gasteiger partial charge in [0.25, 0.3) is 0 Å². The second kappa shape index (κ2) is 15.0. The summed E-state index contributed by atoms with van der Waals surface area (Å²) in [5.41, 5.74) is 0. The van der Waals surface area contributed by atoms with E-state index in [-0.39, 0.29) is 12.4 Å². The Labute approximate surface area is 94.0 Å². The van der Waals surface area contributed by atoms with Crippen LogP contribution in [0, 0.1) is 0 Å². The van der Waals surface area contributed by atoms with Gasteiger partial charge in [-0.3, -0.25) is 0 Å². The average Bonchev–Trinajstić information content (AvgIpc) is 2.10. The van der Waals surface area contributed by atoms with Crippen LogP contribution in [0.4, 0.5) is 0 Å². The fraction of sp³-hybridized carbons (Fsp3) is 1.00. The third kappa shape index (κ3) is 15.3. The lowest BCUT2D eigenvalue weighted by Gasteiger charge is -2.02. The summed E-state index contributed by atoms with van der Waals surface area (Å²) in [7, 11) is 0. The zero-order valence-electron chi connectivity index (χ0n) is 8.65. The second-order valence-corrected chi connectivity index (χ2v) is 3.58. The molecule has 0 heterocycles. The van der Waals surface area contributed by atoms with Crippen LogP contribution in [-0.2, 0) is 0 Å². The van der Waals surface area contributed by atoms with Crippen LogP contribution in [0.25, 0.3) is 0 Å². The molecule has 0 rings (SSSR count). The molecule has 0 aromatic heterocycles. The van der Waals surface area contributed by atoms with Gasteiger partial charge in [0.2, 0.25) is 0 Å². The van der Waals surface area contributed by atoms with Crippen molar-refractivity contribution in [2.75, 3.05) is 19.0 Å². The van der Waals surface area contributed by atoms with Gasteiger partial charge in [-0.25, -0.2) is 0 Å². The van der Waals surface area contributed by atoms with Crippen LogP contribution in [0.1, 0.15) is 45.4 Å². The smallest absolute Gasteiger partial charge is 0.0223 e. The summed E-state index contributed by atoms with van der Waals surface area (Å²) in [6.45, 7) is 4.56. The molecule has 0 spiro atoms. The largest absolute Gasteiger partial charge is 0.317 e. The summed E-state index contributed by atoms with van der Waals surface area (Å²) in [6, 6.07) is 0. The first-order chi connectivity index (χ1) is 5.91. The average molecular weight is 228 g/mol. The van der Waals surface area contributed by atoms with Crippen molar-refractivity contribution in [3.05, 3.63) is 0 Å². The van der Waals surface area contributed by atoms with Crippen LogP contribution in [0.2, 0.25) is 0 Å². The third-order valence-corrected chi connectivity index (χ3v) is 2.21. The maximum Gasteiger partial charge on any atom is 0.0223 e. The topological polar surface area (TPSA) is 12.0 Å². The first-order valence-corrected chi connectivity index (χ1v) is 5.72. The maximum absolute atomic E-state index is 5.56. The molecule has 0 fully saturated rings. The molecule has 13 heavy (non-hydrogen) atoms. The fourth-order valence-electron chi connectivity index (χ4n) is 1.15. The highest BCUT2D eigenvalue weighted by atomic mass is 35.5. The molecular formula is C10H23Cl2N. The van der Waals surface area contributed by atoms with Gasteiger partial charge in [-0.05, 0) is 32.4 Å². The molecule has 0 bridgehead atoms. The highest BCUT2D eigenvalue weighted by Crippen LogP contribution is 1.97. The molecule has 0 amide bonds. The maximum atomic E-state index is 5.56. The molecule has 1 nitrogen and oxygen atoms in total. The molecule has 82 valence electrons. The van der Waals surface area contributed by atoms with Gasteiger partial charge >= 0.3 is 0 Å². The van der Waals surface area contributed by atoms with E-state index in [1.165, 1.54) is 38.6 Å². The van der Waals surface area contributed by atoms with Crippen molar-refractivity contribution < 1.29 is 0 Å². The number of halogens is 2. The molecule has 1 N–H and O–H groups in total. The standard InChI is InChI=1S/C10H22ClN.ClH/c1-2-3-4-6-9-12-10-7-5-8-11;/h12H,2-10H2,1H3;1H. The lowest BCUT2D eigenvalue weighted by Crippen LogP contribution is -2.16. The molecule has 0 aromatic carbocycles. The monoisotopic (exact) mass is 227 g/mol. The van der Waals surface area contributed by atoms with Gasteiger partial charge in [-0.2, -0.15) is 0 Å². The predicted molar refractivity (Wildman–Crippen MR) is 64.2 cm³/mol. The Morgan fingerprint density at radius 1 is 0.923 bits per heavy atom. The number of unbranched alkanes of at least 4 members (excludes halogenated alkanes) is 4. The Morgan fingerprint density at radius 3 is 2.08 bits per heavy atom. The summed E-state index contributed by atoms with van der Waals surface area (Å²) in [5.74, 6) is 0.803. The number of nitrogens with one attached hydrogen (secondary N) is 1. The quantitative estimate of drug-likeness (QED) is 0.469. The molecule has 0 aromatic rings. The van der Waals surface area contributed by atoms with Crippen molar-refractivity contribution in [3.8, 4) is 0 Å². The number of rotatable bonds is 9. The van der Waals surface area contributed by atoms with Crippen LogP contribution >= 0.6 is 24.0 Å². The Bertz CT molecular complexity index is 69.3. The van der Waals surface area contributed by atoms with E-state index in [1.54, 1.807) is 0 Å². The molecule has 3 heteroatoms. The van der Waals surface area contributed by atoms with Gasteiger partial charge in [0.1, 0.15) is 0 Å². The molecule has 0 aliphatic heterocycles. The molecule has 0 unspecified atom stereocenters. The van der Waals surface area contributed by atoms with E-state index in [4.69, 9.17) is 11.6 Å². The molecule has 0 saturated carbocycles. The van der Waals surface area contributed by atoms with Crippen molar-refractivity contribution in [2.24, 2.45) is 0 Å². The highest BCUT2D eigenvalue weighted by molar-refractivity contribution is 6.17. The van der Waals surface area contributed by atoms with Gasteiger partial charge in [-0.15, -0.1) is 24.0 Å². The number of hydrogen-bond donors (Lipinski definition) is 1. The normalized spacial score (nSPS) is 9.69. The van der Waals surface area contributed by atoms with Crippen LogP contribution < -0.4 is 5.32 Å². The van der Waals surface area contributed by atoms with E-state index >= 15 is 0 Å². The summed E-state index contributed by atoms with van der Waals surface area (Å²) in [6.07, 6.45) is 7.77. The van der Waals surface area contributed by atoms with Crippen molar-refractivity contribution in [2.45, 2.75) is 45.4 Å². The Morgan fingerprint density at radius 2 is 1.54 bits per heavy atom. The third-order valence-electron chi connectivity index (χ3n) is 1.94. The van der Waals surface area contributed by atoms with Crippen molar-refractivity contribution >= 4 is 24.0 Å². The minimum absolute atomic E-state index is 0. The van der Waals surface area contributed by atoms with Crippen molar-refractivity contribution in [1.82, 2.24) is 5.32 Å². The van der Waals surface area contributed by atoms with Gasteiger partial charge in [0.15, 0.2) is 0 Å². The second-order valence-electron chi connectivity index (χ2n) is 3.21. The highest BCUT2D eigenvalue weighted by Gasteiger charge is 1.88. The van der Waals surface area contributed by atoms with Crippen molar-refractivity contribution in [1.29, 1.82) is 0 Å². The van der Waals surface area contributed by atoms with Crippen LogP contribution in [0.15, 0.2) is 0 Å². The zero-order chi connectivity index (χ0) is 9.07. The fourth-order valence-corrected chi connectivity index (χ4v) is 1.34. The van der Waals surface area contributed by atoms with Gasteiger partial charge in [-0.1, -0.05) is 26.2 Å². The van der Waals surface area contributed by atoms with E-state index in [0.717, 1.165) is 18.8 Å². The van der Waals surface area contributed by atoms with E-state index in [9.17, 15) is 0 Å². The summed E-state index contributed by atoms with van der Waals surface area (Å²) >= 11 is 5.56. The number of hydrogen-bond acceptors (Lipinski definition) is 1. The lowest BCUT2D eigenvalue weighted by atomic mass is 10.2. The summed E-state index contributed by atoms with van der Waals surface area (Å²) in [4.78, 5) is 0. The van der Waals surface area contributed by atoms with Crippen molar-refractivity contribution in [3.63, 3.8) is 0 Å². The van der Waals surface area contributed by atoms with Crippen LogP contribution in [0.5, 0.6) is 0 Å². The summed E-state index contributed by atoms with van der Waals surface area (Å²) < 4.78 is 0. The van der Waals surface area contributed by atoms with E-state index in [0.29, 0.717) is 0 Å². The minimum Gasteiger partial charge on any atom is -0.317 e. The van der Waals surface area contributed by atoms with E-state index < -0.39 is 0 Å². The van der Waals surface area contributed by atoms with Gasteiger partial charge < -0.3 is 5.32 Å². The number of alkyl halides is 1. The van der Waals surface area contributed by atoms with Gasteiger partial charge in [0, 0.05) is 5.88 Å². The minimum atomic E-state index is 0. The van der Waals surface area contributed by atoms with Gasteiger partial charge in [0.05, 0.1) is 0 Å². The molecular weight excluding hydrogens is 205 g/mol. The van der Waals surface area contributed by atoms with E-state index in [1.807, 2.05) is 0 Å². The predicted octanol–water partition coefficient (Wildman–Crippen LogP) is 3.60. The summed E-state index contributed by atoms with van der Waals surface area (Å²) in [5, 5.41) is 3.42. The molecule has 0 saturated heterocycles. The molecule has 0 aliphatic carbocycles. The molecule has 0 atom stereocenters.